The molecule has 0 spiro atoms. The van der Waals surface area contributed by atoms with E-state index >= 15 is 0 Å². The van der Waals surface area contributed by atoms with Gasteiger partial charge in [-0.05, 0) is 56.0 Å². The number of carbonyl (C=O) groups excluding carboxylic acids is 6. The zero-order valence-corrected chi connectivity index (χ0v) is 28.9. The van der Waals surface area contributed by atoms with E-state index in [1.807, 2.05) is 27.7 Å². The molecule has 1 rings (SSSR count). The first kappa shape index (κ1) is 42.5. The smallest absolute Gasteiger partial charge is 0.322 e. The highest BCUT2D eigenvalue weighted by Gasteiger charge is 2.29. The lowest BCUT2D eigenvalue weighted by Gasteiger charge is -2.24. The van der Waals surface area contributed by atoms with Crippen LogP contribution in [0, 0.1) is 11.8 Å². The number of carboxylic acids is 1. The van der Waals surface area contributed by atoms with Gasteiger partial charge in [0.1, 0.15) is 24.7 Å². The lowest BCUT2D eigenvalue weighted by atomic mass is 10.0. The summed E-state index contributed by atoms with van der Waals surface area (Å²) >= 11 is 0. The average Bonchev–Trinajstić information content (AvgIpc) is 3.03. The van der Waals surface area contributed by atoms with E-state index in [1.54, 1.807) is 30.3 Å². The van der Waals surface area contributed by atoms with Crippen LogP contribution in [0.15, 0.2) is 30.3 Å². The van der Waals surface area contributed by atoms with Crippen LogP contribution < -0.4 is 43.4 Å². The molecule has 4 atom stereocenters. The predicted octanol–water partition coefficient (Wildman–Crippen LogP) is -1.33. The Morgan fingerprint density at radius 1 is 0.653 bits per heavy atom. The molecule has 0 saturated heterocycles. The number of amides is 6. The summed E-state index contributed by atoms with van der Waals surface area (Å²) < 4.78 is 0. The Morgan fingerprint density at radius 2 is 1.18 bits per heavy atom. The van der Waals surface area contributed by atoms with Crippen molar-refractivity contribution < 1.29 is 38.7 Å². The second-order valence-corrected chi connectivity index (χ2v) is 12.7. The number of carboxylic acid groups (broad SMARTS) is 1. The largest absolute Gasteiger partial charge is 0.480 e. The van der Waals surface area contributed by atoms with Gasteiger partial charge < -0.3 is 48.5 Å². The third kappa shape index (κ3) is 18.5. The number of nitrogens with one attached hydrogen (secondary N) is 6. The normalized spacial score (nSPS) is 13.4. The summed E-state index contributed by atoms with van der Waals surface area (Å²) in [5.41, 5.74) is 12.1. The van der Waals surface area contributed by atoms with E-state index in [-0.39, 0.29) is 31.1 Å². The Hall–Kier alpha value is -4.57. The second-order valence-electron chi connectivity index (χ2n) is 12.7. The molecule has 0 radical (unpaired) electrons. The monoisotopic (exact) mass is 690 g/mol. The molecule has 0 aliphatic heterocycles. The third-order valence-electron chi connectivity index (χ3n) is 7.20. The Labute approximate surface area is 287 Å². The first-order valence-electron chi connectivity index (χ1n) is 16.6. The van der Waals surface area contributed by atoms with Crippen LogP contribution in [0.5, 0.6) is 0 Å². The number of unbranched alkanes of at least 4 members (excludes halogenated alkanes) is 1. The van der Waals surface area contributed by atoms with E-state index in [4.69, 9.17) is 16.6 Å². The molecule has 16 nitrogen and oxygen atoms in total. The highest BCUT2D eigenvalue weighted by molar-refractivity contribution is 5.95. The van der Waals surface area contributed by atoms with Crippen LogP contribution in [-0.4, -0.2) is 96.9 Å². The highest BCUT2D eigenvalue weighted by atomic mass is 16.4. The van der Waals surface area contributed by atoms with Gasteiger partial charge in [0.05, 0.1) is 19.1 Å². The maximum atomic E-state index is 13.4. The summed E-state index contributed by atoms with van der Waals surface area (Å²) in [6, 6.07) is 4.81. The van der Waals surface area contributed by atoms with Crippen LogP contribution >= 0.6 is 0 Å². The minimum atomic E-state index is -1.25. The Morgan fingerprint density at radius 3 is 1.73 bits per heavy atom. The number of nitrogens with two attached hydrogens (primary N) is 2. The molecular formula is C33H54N8O8. The SMILES string of the molecule is CC(C)C[C@H](NC(=O)CNC(=O)[C@H](CCCCN)NC(=O)CNC(=O)[C@@H](N)CC(C)C)C(=O)N[C@@H](Cc1ccccc1)C(=O)NCC(=O)O. The first-order chi connectivity index (χ1) is 23.1. The summed E-state index contributed by atoms with van der Waals surface area (Å²) in [4.78, 5) is 88.0. The topological polar surface area (TPSA) is 264 Å². The van der Waals surface area contributed by atoms with E-state index in [0.717, 1.165) is 5.56 Å². The molecule has 0 bridgehead atoms. The van der Waals surface area contributed by atoms with Gasteiger partial charge in [-0.3, -0.25) is 33.6 Å². The molecule has 11 N–H and O–H groups in total. The molecular weight excluding hydrogens is 636 g/mol. The standard InChI is InChI=1S/C33H54N8O8/c1-20(2)14-23(35)30(46)36-17-27(42)39-24(12-8-9-13-34)31(47)37-18-28(43)40-25(15-21(3)4)33(49)41-26(32(48)38-19-29(44)45)16-22-10-6-5-7-11-22/h5-7,10-11,20-21,23-26H,8-9,12-19,34-35H2,1-4H3,(H,36,46)(H,37,47)(H,38,48)(H,39,42)(H,40,43)(H,41,49)(H,44,45)/t23-,24-,25-,26-/m0/s1. The van der Waals surface area contributed by atoms with Gasteiger partial charge in [-0.2, -0.15) is 0 Å². The zero-order chi connectivity index (χ0) is 36.9. The van der Waals surface area contributed by atoms with Crippen LogP contribution in [0.3, 0.4) is 0 Å². The zero-order valence-electron chi connectivity index (χ0n) is 28.9. The van der Waals surface area contributed by atoms with Crippen LogP contribution in [0.4, 0.5) is 0 Å². The molecule has 0 aromatic heterocycles. The van der Waals surface area contributed by atoms with Gasteiger partial charge in [-0.25, -0.2) is 0 Å². The maximum absolute atomic E-state index is 13.4. The molecule has 0 heterocycles. The Balaban J connectivity index is 2.89. The molecule has 1 aromatic rings. The molecule has 6 amide bonds. The van der Waals surface area contributed by atoms with Crippen LogP contribution in [0.25, 0.3) is 0 Å². The van der Waals surface area contributed by atoms with E-state index < -0.39 is 85.2 Å². The lowest BCUT2D eigenvalue weighted by Crippen LogP contribution is -2.56. The Kier molecular flexibility index (Phi) is 19.8. The van der Waals surface area contributed by atoms with Crippen molar-refractivity contribution in [2.75, 3.05) is 26.2 Å². The number of rotatable bonds is 23. The van der Waals surface area contributed by atoms with Crippen molar-refractivity contribution in [3.05, 3.63) is 35.9 Å². The lowest BCUT2D eigenvalue weighted by molar-refractivity contribution is -0.138. The van der Waals surface area contributed by atoms with Gasteiger partial charge in [0.15, 0.2) is 0 Å². The summed E-state index contributed by atoms with van der Waals surface area (Å²) in [5.74, 6) is -4.93. The van der Waals surface area contributed by atoms with Crippen LogP contribution in [0.1, 0.15) is 65.4 Å². The molecule has 0 saturated carbocycles. The first-order valence-corrected chi connectivity index (χ1v) is 16.6. The molecule has 49 heavy (non-hydrogen) atoms. The van der Waals surface area contributed by atoms with Crippen molar-refractivity contribution in [2.24, 2.45) is 23.3 Å². The minimum absolute atomic E-state index is 0.0541. The van der Waals surface area contributed by atoms with Crippen molar-refractivity contribution in [3.8, 4) is 0 Å². The highest BCUT2D eigenvalue weighted by Crippen LogP contribution is 2.09. The van der Waals surface area contributed by atoms with Gasteiger partial charge in [-0.1, -0.05) is 58.0 Å². The maximum Gasteiger partial charge on any atom is 0.322 e. The van der Waals surface area contributed by atoms with Crippen molar-refractivity contribution in [3.63, 3.8) is 0 Å². The number of hydrogen-bond donors (Lipinski definition) is 9. The van der Waals surface area contributed by atoms with Gasteiger partial charge in [0.2, 0.25) is 35.4 Å². The summed E-state index contributed by atoms with van der Waals surface area (Å²) in [7, 11) is 0. The summed E-state index contributed by atoms with van der Waals surface area (Å²) in [6.45, 7) is 6.34. The fourth-order valence-electron chi connectivity index (χ4n) is 4.78. The molecule has 1 aromatic carbocycles. The van der Waals surface area contributed by atoms with Gasteiger partial charge in [0.25, 0.3) is 0 Å². The van der Waals surface area contributed by atoms with E-state index in [0.29, 0.717) is 25.8 Å². The average molecular weight is 691 g/mol. The molecule has 0 unspecified atom stereocenters. The molecule has 0 aliphatic rings. The number of benzene rings is 1. The third-order valence-corrected chi connectivity index (χ3v) is 7.20. The van der Waals surface area contributed by atoms with Gasteiger partial charge >= 0.3 is 5.97 Å². The molecule has 0 fully saturated rings. The van der Waals surface area contributed by atoms with Crippen molar-refractivity contribution in [2.45, 2.75) is 90.4 Å². The second kappa shape index (κ2) is 22.9. The van der Waals surface area contributed by atoms with Gasteiger partial charge in [-0.15, -0.1) is 0 Å². The fourth-order valence-corrected chi connectivity index (χ4v) is 4.78. The van der Waals surface area contributed by atoms with Gasteiger partial charge in [0, 0.05) is 6.42 Å². The number of carbonyl (C=O) groups is 7. The summed E-state index contributed by atoms with van der Waals surface area (Å²) in [5, 5.41) is 24.0. The van der Waals surface area contributed by atoms with E-state index in [9.17, 15) is 33.6 Å². The Bertz CT molecular complexity index is 1240. The van der Waals surface area contributed by atoms with Crippen molar-refractivity contribution >= 4 is 41.4 Å². The van der Waals surface area contributed by atoms with Crippen LogP contribution in [0.2, 0.25) is 0 Å². The van der Waals surface area contributed by atoms with Crippen molar-refractivity contribution in [1.82, 2.24) is 31.9 Å². The summed E-state index contributed by atoms with van der Waals surface area (Å²) in [6.07, 6.45) is 2.03. The fraction of sp³-hybridized carbons (Fsp3) is 0.606. The molecule has 0 aliphatic carbocycles. The number of hydrogen-bond acceptors (Lipinski definition) is 9. The number of aliphatic carboxylic acids is 1. The predicted molar refractivity (Wildman–Crippen MR) is 182 cm³/mol. The van der Waals surface area contributed by atoms with E-state index in [1.165, 1.54) is 0 Å². The van der Waals surface area contributed by atoms with E-state index in [2.05, 4.69) is 31.9 Å². The van der Waals surface area contributed by atoms with Crippen molar-refractivity contribution in [1.29, 1.82) is 0 Å². The molecule has 16 heteroatoms. The van der Waals surface area contributed by atoms with Crippen LogP contribution in [-0.2, 0) is 40.0 Å². The minimum Gasteiger partial charge on any atom is -0.480 e. The quantitative estimate of drug-likeness (QED) is 0.0611. The molecule has 274 valence electrons.